The van der Waals surface area contributed by atoms with Crippen molar-refractivity contribution in [1.29, 1.82) is 0 Å². The van der Waals surface area contributed by atoms with Gasteiger partial charge >= 0.3 is 5.97 Å². The van der Waals surface area contributed by atoms with Gasteiger partial charge in [0.1, 0.15) is 11.4 Å². The Kier molecular flexibility index (Phi) is 5.46. The van der Waals surface area contributed by atoms with Gasteiger partial charge in [0.25, 0.3) is 0 Å². The Balaban J connectivity index is 1.30. The number of benzene rings is 1. The van der Waals surface area contributed by atoms with Crippen LogP contribution in [0.25, 0.3) is 10.8 Å². The maximum Gasteiger partial charge on any atom is 0.328 e. The molecule has 0 radical (unpaired) electrons. The van der Waals surface area contributed by atoms with Crippen LogP contribution in [0.4, 0.5) is 5.13 Å². The van der Waals surface area contributed by atoms with Crippen LogP contribution in [-0.4, -0.2) is 60.2 Å². The number of hydrogen-bond acceptors (Lipinski definition) is 9. The number of hydrogen-bond donors (Lipinski definition) is 1. The van der Waals surface area contributed by atoms with Gasteiger partial charge in [0, 0.05) is 36.5 Å². The number of fused-ring (bicyclic) bond motifs is 1. The summed E-state index contributed by atoms with van der Waals surface area (Å²) in [5.41, 5.74) is 0.919. The number of ether oxygens (including phenoxy) is 1. The predicted octanol–water partition coefficient (Wildman–Crippen LogP) is 3.24. The second-order valence-electron chi connectivity index (χ2n) is 8.09. The molecule has 0 amide bonds. The highest BCUT2D eigenvalue weighted by molar-refractivity contribution is 7.18. The van der Waals surface area contributed by atoms with Crippen molar-refractivity contribution in [2.24, 2.45) is 0 Å². The van der Waals surface area contributed by atoms with Crippen molar-refractivity contribution in [3.63, 3.8) is 0 Å². The molecular weight excluding hydrogens is 454 g/mol. The van der Waals surface area contributed by atoms with Crippen molar-refractivity contribution >= 4 is 34.0 Å². The molecule has 1 saturated heterocycles. The van der Waals surface area contributed by atoms with Crippen LogP contribution in [-0.2, 0) is 11.2 Å². The topological polar surface area (TPSA) is 119 Å². The van der Waals surface area contributed by atoms with E-state index in [-0.39, 0.29) is 5.60 Å². The molecule has 1 unspecified atom stereocenters. The third-order valence-corrected chi connectivity index (χ3v) is 7.58. The van der Waals surface area contributed by atoms with Crippen molar-refractivity contribution in [2.75, 3.05) is 18.0 Å². The average Bonchev–Trinajstić information content (AvgIpc) is 3.44. The summed E-state index contributed by atoms with van der Waals surface area (Å²) in [6.07, 6.45) is 3.98. The molecule has 168 valence electrons. The fourth-order valence-electron chi connectivity index (χ4n) is 4.40. The number of carbonyl (C=O) groups is 1. The highest BCUT2D eigenvalue weighted by atomic mass is 35.5. The predicted molar refractivity (Wildman–Crippen MR) is 118 cm³/mol. The Labute approximate surface area is 193 Å². The Bertz CT molecular complexity index is 1140. The lowest BCUT2D eigenvalue weighted by molar-refractivity contribution is -0.141. The van der Waals surface area contributed by atoms with Crippen LogP contribution in [0, 0.1) is 0 Å². The molecule has 3 aromatic rings. The van der Waals surface area contributed by atoms with Crippen LogP contribution in [0.2, 0.25) is 5.02 Å². The first-order chi connectivity index (χ1) is 15.5. The lowest BCUT2D eigenvalue weighted by Gasteiger charge is -2.44. The molecule has 0 saturated carbocycles. The van der Waals surface area contributed by atoms with Gasteiger partial charge in [0.2, 0.25) is 11.0 Å². The summed E-state index contributed by atoms with van der Waals surface area (Å²) in [5.74, 6) is 0.231. The van der Waals surface area contributed by atoms with Gasteiger partial charge in [-0.2, -0.15) is 0 Å². The Hall–Kier alpha value is -2.79. The lowest BCUT2D eigenvalue weighted by atomic mass is 9.83. The maximum absolute atomic E-state index is 11.5. The van der Waals surface area contributed by atoms with Gasteiger partial charge in [-0.1, -0.05) is 35.9 Å². The molecule has 1 spiro atoms. The van der Waals surface area contributed by atoms with Crippen molar-refractivity contribution in [3.05, 3.63) is 28.8 Å². The molecular formula is C20H22ClN7O3S. The second-order valence-corrected chi connectivity index (χ2v) is 9.45. The van der Waals surface area contributed by atoms with Gasteiger partial charge in [-0.05, 0) is 41.8 Å². The van der Waals surface area contributed by atoms with Crippen LogP contribution in [0.15, 0.2) is 18.2 Å². The standard InChI is InChI=1S/C20H22ClN7O3S/c1-2-14(18(29)30)28-16(22-25-26-28)17-23-24-19(32-17)27-10-8-20(9-11-27)7-6-12-13(21)4-3-5-15(12)31-20/h3-5,14H,2,6-11H2,1H3,(H,29,30). The Morgan fingerprint density at radius 2 is 2.09 bits per heavy atom. The number of aliphatic carboxylic acids is 1. The molecule has 5 rings (SSSR count). The summed E-state index contributed by atoms with van der Waals surface area (Å²) in [4.78, 5) is 13.7. The zero-order valence-corrected chi connectivity index (χ0v) is 19.0. The zero-order chi connectivity index (χ0) is 22.3. The van der Waals surface area contributed by atoms with Crippen LogP contribution >= 0.6 is 22.9 Å². The molecule has 10 nitrogen and oxygen atoms in total. The third kappa shape index (κ3) is 3.69. The van der Waals surface area contributed by atoms with E-state index in [9.17, 15) is 9.90 Å². The summed E-state index contributed by atoms with van der Waals surface area (Å²) in [6.45, 7) is 3.36. The molecule has 2 aliphatic heterocycles. The fraction of sp³-hybridized carbons (Fsp3) is 0.500. The number of tetrazole rings is 1. The summed E-state index contributed by atoms with van der Waals surface area (Å²) < 4.78 is 7.74. The first-order valence-corrected chi connectivity index (χ1v) is 11.7. The summed E-state index contributed by atoms with van der Waals surface area (Å²) >= 11 is 7.69. The number of carboxylic acids is 1. The van der Waals surface area contributed by atoms with Crippen molar-refractivity contribution in [1.82, 2.24) is 30.4 Å². The van der Waals surface area contributed by atoms with E-state index in [0.717, 1.165) is 60.2 Å². The van der Waals surface area contributed by atoms with Crippen molar-refractivity contribution in [2.45, 2.75) is 50.7 Å². The van der Waals surface area contributed by atoms with Crippen LogP contribution in [0.1, 0.15) is 44.2 Å². The van der Waals surface area contributed by atoms with Gasteiger partial charge in [0.05, 0.1) is 0 Å². The number of carboxylic acid groups (broad SMARTS) is 1. The minimum absolute atomic E-state index is 0.179. The SMILES string of the molecule is CCC(C(=O)O)n1nnnc1-c1nnc(N2CCC3(CCc4c(Cl)cccc4O3)CC2)s1. The van der Waals surface area contributed by atoms with E-state index in [0.29, 0.717) is 17.3 Å². The lowest BCUT2D eigenvalue weighted by Crippen LogP contribution is -2.49. The molecule has 12 heteroatoms. The van der Waals surface area contributed by atoms with E-state index >= 15 is 0 Å². The number of piperidine rings is 1. The second kappa shape index (κ2) is 8.28. The summed E-state index contributed by atoms with van der Waals surface area (Å²) in [6, 6.07) is 4.99. The third-order valence-electron chi connectivity index (χ3n) is 6.24. The minimum Gasteiger partial charge on any atom is -0.487 e. The highest BCUT2D eigenvalue weighted by Gasteiger charge is 2.40. The molecule has 0 bridgehead atoms. The average molecular weight is 476 g/mol. The number of anilines is 1. The van der Waals surface area contributed by atoms with E-state index < -0.39 is 12.0 Å². The van der Waals surface area contributed by atoms with E-state index in [1.54, 1.807) is 6.92 Å². The van der Waals surface area contributed by atoms with Gasteiger partial charge in [-0.3, -0.25) is 0 Å². The monoisotopic (exact) mass is 475 g/mol. The summed E-state index contributed by atoms with van der Waals surface area (Å²) in [5, 5.41) is 31.6. The molecule has 32 heavy (non-hydrogen) atoms. The van der Waals surface area contributed by atoms with E-state index in [4.69, 9.17) is 16.3 Å². The molecule has 1 atom stereocenters. The Morgan fingerprint density at radius 1 is 1.28 bits per heavy atom. The smallest absolute Gasteiger partial charge is 0.328 e. The largest absolute Gasteiger partial charge is 0.487 e. The first-order valence-electron chi connectivity index (χ1n) is 10.6. The number of rotatable bonds is 5. The molecule has 4 heterocycles. The molecule has 1 N–H and O–H groups in total. The van der Waals surface area contributed by atoms with Gasteiger partial charge in [-0.15, -0.1) is 15.3 Å². The number of aromatic nitrogens is 6. The molecule has 0 aliphatic carbocycles. The molecule has 1 aromatic carbocycles. The quantitative estimate of drug-likeness (QED) is 0.592. The highest BCUT2D eigenvalue weighted by Crippen LogP contribution is 2.42. The first kappa shape index (κ1) is 21.1. The molecule has 2 aliphatic rings. The Morgan fingerprint density at radius 3 is 2.84 bits per heavy atom. The molecule has 2 aromatic heterocycles. The number of nitrogens with zero attached hydrogens (tertiary/aromatic N) is 7. The van der Waals surface area contributed by atoms with Crippen LogP contribution in [0.5, 0.6) is 5.75 Å². The van der Waals surface area contributed by atoms with Gasteiger partial charge in [-0.25, -0.2) is 9.48 Å². The minimum atomic E-state index is -0.984. The van der Waals surface area contributed by atoms with E-state index in [2.05, 4.69) is 30.6 Å². The van der Waals surface area contributed by atoms with Gasteiger partial charge in [0.15, 0.2) is 11.0 Å². The van der Waals surface area contributed by atoms with E-state index in [1.165, 1.54) is 16.0 Å². The van der Waals surface area contributed by atoms with E-state index in [1.807, 2.05) is 18.2 Å². The molecule has 1 fully saturated rings. The van der Waals surface area contributed by atoms with Crippen LogP contribution < -0.4 is 9.64 Å². The maximum atomic E-state index is 11.5. The zero-order valence-electron chi connectivity index (χ0n) is 17.4. The van der Waals surface area contributed by atoms with Crippen LogP contribution in [0.3, 0.4) is 0 Å². The number of halogens is 1. The normalized spacial score (nSPS) is 18.2. The van der Waals surface area contributed by atoms with Gasteiger partial charge < -0.3 is 14.7 Å². The van der Waals surface area contributed by atoms with Crippen molar-refractivity contribution < 1.29 is 14.6 Å². The van der Waals surface area contributed by atoms with Crippen molar-refractivity contribution in [3.8, 4) is 16.6 Å². The fourth-order valence-corrected chi connectivity index (χ4v) is 5.54. The summed E-state index contributed by atoms with van der Waals surface area (Å²) in [7, 11) is 0.